The van der Waals surface area contributed by atoms with Crippen molar-refractivity contribution < 1.29 is 22.3 Å². The molecule has 2 rings (SSSR count). The molecule has 0 radical (unpaired) electrons. The van der Waals surface area contributed by atoms with Gasteiger partial charge in [0.15, 0.2) is 5.78 Å². The molecule has 0 unspecified atom stereocenters. The number of ketones is 1. The van der Waals surface area contributed by atoms with Gasteiger partial charge in [-0.1, -0.05) is 5.57 Å². The van der Waals surface area contributed by atoms with E-state index in [9.17, 15) is 23.3 Å². The minimum Gasteiger partial charge on any atom is -0.361 e. The first-order valence-corrected chi connectivity index (χ1v) is 11.3. The highest BCUT2D eigenvalue weighted by Crippen LogP contribution is 2.35. The quantitative estimate of drug-likeness (QED) is 0.255. The van der Waals surface area contributed by atoms with E-state index in [2.05, 4.69) is 5.10 Å². The fraction of sp³-hybridized carbons (Fsp3) is 0.429. The van der Waals surface area contributed by atoms with Crippen LogP contribution in [0, 0.1) is 17.0 Å². The summed E-state index contributed by atoms with van der Waals surface area (Å²) < 4.78 is 31.2. The maximum atomic E-state index is 13.4. The molecule has 0 spiro atoms. The highest BCUT2D eigenvalue weighted by Gasteiger charge is 2.29. The predicted octanol–water partition coefficient (Wildman–Crippen LogP) is 4.28. The highest BCUT2D eigenvalue weighted by atomic mass is 32.2. The van der Waals surface area contributed by atoms with Crippen molar-refractivity contribution in [1.82, 2.24) is 9.78 Å². The predicted molar refractivity (Wildman–Crippen MR) is 118 cm³/mol. The Hall–Kier alpha value is -3.01. The van der Waals surface area contributed by atoms with Crippen LogP contribution in [0.5, 0.6) is 5.88 Å². The van der Waals surface area contributed by atoms with E-state index in [0.717, 1.165) is 5.57 Å². The number of allylic oxidation sites excluding steroid dienone is 2. The van der Waals surface area contributed by atoms with Crippen LogP contribution in [0.1, 0.15) is 68.6 Å². The Morgan fingerprint density at radius 2 is 1.84 bits per heavy atom. The van der Waals surface area contributed by atoms with E-state index in [1.807, 2.05) is 13.8 Å². The zero-order valence-electron chi connectivity index (χ0n) is 18.7. The second-order valence-electron chi connectivity index (χ2n) is 7.65. The Bertz CT molecular complexity index is 1170. The van der Waals surface area contributed by atoms with Crippen LogP contribution in [0.25, 0.3) is 5.57 Å². The van der Waals surface area contributed by atoms with Crippen molar-refractivity contribution in [2.45, 2.75) is 60.3 Å². The number of benzene rings is 1. The van der Waals surface area contributed by atoms with Gasteiger partial charge in [-0.15, -0.1) is 0 Å². The fourth-order valence-electron chi connectivity index (χ4n) is 3.01. The number of nitro benzene ring substituents is 1. The fourth-order valence-corrected chi connectivity index (χ4v) is 3.60. The third-order valence-electron chi connectivity index (χ3n) is 5.12. The summed E-state index contributed by atoms with van der Waals surface area (Å²) >= 11 is 0. The molecule has 2 aromatic rings. The maximum absolute atomic E-state index is 13.4. The van der Waals surface area contributed by atoms with Crippen molar-refractivity contribution in [3.8, 4) is 5.88 Å². The first kappa shape index (κ1) is 24.3. The summed E-state index contributed by atoms with van der Waals surface area (Å²) in [5.41, 5.74) is 2.46. The smallest absolute Gasteiger partial charge is 0.313 e. The van der Waals surface area contributed by atoms with Crippen molar-refractivity contribution >= 4 is 27.2 Å². The second-order valence-corrected chi connectivity index (χ2v) is 9.74. The van der Waals surface area contributed by atoms with Gasteiger partial charge in [0.25, 0.3) is 5.69 Å². The Labute approximate surface area is 182 Å². The Kier molecular flexibility index (Phi) is 7.05. The molecule has 0 atom stereocenters. The van der Waals surface area contributed by atoms with Gasteiger partial charge in [-0.3, -0.25) is 14.9 Å². The van der Waals surface area contributed by atoms with Crippen LogP contribution in [0.3, 0.4) is 0 Å². The molecule has 0 bridgehead atoms. The van der Waals surface area contributed by atoms with E-state index in [0.29, 0.717) is 16.7 Å². The average molecular weight is 450 g/mol. The average Bonchev–Trinajstić information content (AvgIpc) is 3.08. The van der Waals surface area contributed by atoms with Crippen molar-refractivity contribution in [3.63, 3.8) is 0 Å². The molecule has 0 N–H and O–H groups in total. The molecule has 0 saturated heterocycles. The summed E-state index contributed by atoms with van der Waals surface area (Å²) in [5, 5.41) is 14.8. The first-order valence-electron chi connectivity index (χ1n) is 9.79. The first-order chi connectivity index (χ1) is 14.3. The number of aromatic nitrogens is 2. The molecule has 1 aromatic carbocycles. The summed E-state index contributed by atoms with van der Waals surface area (Å²) in [6, 6.07) is 2.67. The lowest BCUT2D eigenvalue weighted by Gasteiger charge is -2.14. The van der Waals surface area contributed by atoms with Crippen LogP contribution in [-0.4, -0.2) is 34.2 Å². The van der Waals surface area contributed by atoms with Crippen molar-refractivity contribution in [2.75, 3.05) is 0 Å². The van der Waals surface area contributed by atoms with Crippen LogP contribution in [0.4, 0.5) is 5.69 Å². The molecule has 1 aromatic heterocycles. The van der Waals surface area contributed by atoms with Gasteiger partial charge < -0.3 is 4.18 Å². The third kappa shape index (κ3) is 4.68. The molecule has 168 valence electrons. The van der Waals surface area contributed by atoms with Crippen molar-refractivity contribution in [2.24, 2.45) is 0 Å². The zero-order chi connectivity index (χ0) is 23.7. The van der Waals surface area contributed by atoms with Gasteiger partial charge >= 0.3 is 10.1 Å². The van der Waals surface area contributed by atoms with Gasteiger partial charge in [-0.25, -0.2) is 4.68 Å². The molecule has 0 saturated carbocycles. The number of carbonyl (C=O) groups excluding carboxylic acids is 1. The van der Waals surface area contributed by atoms with E-state index < -0.39 is 26.1 Å². The van der Waals surface area contributed by atoms with Gasteiger partial charge in [0, 0.05) is 18.2 Å². The molecule has 1 heterocycles. The number of nitrogens with zero attached hydrogens (tertiary/aromatic N) is 3. The lowest BCUT2D eigenvalue weighted by atomic mass is 9.90. The van der Waals surface area contributed by atoms with E-state index in [4.69, 9.17) is 4.18 Å². The lowest BCUT2D eigenvalue weighted by Crippen LogP contribution is -2.22. The molecule has 0 fully saturated rings. The zero-order valence-corrected chi connectivity index (χ0v) is 19.5. The van der Waals surface area contributed by atoms with Crippen molar-refractivity contribution in [1.29, 1.82) is 0 Å². The second kappa shape index (κ2) is 9.01. The summed E-state index contributed by atoms with van der Waals surface area (Å²) in [7, 11) is -3.96. The Morgan fingerprint density at radius 3 is 2.32 bits per heavy atom. The molecular formula is C21H27N3O6S. The van der Waals surface area contributed by atoms with Crippen LogP contribution >= 0.6 is 0 Å². The summed E-state index contributed by atoms with van der Waals surface area (Å²) in [5.74, 6) is -0.691. The third-order valence-corrected chi connectivity index (χ3v) is 6.66. The Morgan fingerprint density at radius 1 is 1.23 bits per heavy atom. The van der Waals surface area contributed by atoms with Gasteiger partial charge in [0.05, 0.1) is 21.9 Å². The maximum Gasteiger partial charge on any atom is 0.313 e. The number of hydrogen-bond donors (Lipinski definition) is 0. The SMILES string of the molecule is CCn1ncc(C(=O)c2ccc([N+](=O)[O-])c(C(C)=C(C)C)c2C)c1OS(=O)(=O)C(C)C. The van der Waals surface area contributed by atoms with Crippen LogP contribution in [0.15, 0.2) is 23.9 Å². The number of rotatable bonds is 8. The van der Waals surface area contributed by atoms with Gasteiger partial charge in [0.1, 0.15) is 5.56 Å². The van der Waals surface area contributed by atoms with E-state index >= 15 is 0 Å². The normalized spacial score (nSPS) is 11.5. The van der Waals surface area contributed by atoms with Crippen molar-refractivity contribution in [3.05, 3.63) is 56.3 Å². The van der Waals surface area contributed by atoms with Crippen LogP contribution < -0.4 is 4.18 Å². The number of nitro groups is 1. The summed E-state index contributed by atoms with van der Waals surface area (Å²) in [4.78, 5) is 24.5. The molecule has 0 aliphatic carbocycles. The minimum atomic E-state index is -3.96. The monoisotopic (exact) mass is 449 g/mol. The molecule has 10 heteroatoms. The van der Waals surface area contributed by atoms with E-state index in [1.54, 1.807) is 20.8 Å². The lowest BCUT2D eigenvalue weighted by molar-refractivity contribution is -0.385. The standard InChI is InChI=1S/C21H27N3O6S/c1-8-23-21(30-31(28,29)13(4)5)17(11-22-23)20(25)16-9-10-18(24(26)27)19(15(16)7)14(6)12(2)3/h9-11,13H,8H2,1-7H3. The number of hydrogen-bond acceptors (Lipinski definition) is 7. The van der Waals surface area contributed by atoms with Crippen LogP contribution in [0.2, 0.25) is 0 Å². The topological polar surface area (TPSA) is 121 Å². The van der Waals surface area contributed by atoms with Gasteiger partial charge in [-0.2, -0.15) is 13.5 Å². The largest absolute Gasteiger partial charge is 0.361 e. The van der Waals surface area contributed by atoms with E-state index in [-0.39, 0.29) is 29.2 Å². The highest BCUT2D eigenvalue weighted by molar-refractivity contribution is 7.87. The molecule has 31 heavy (non-hydrogen) atoms. The summed E-state index contributed by atoms with van der Waals surface area (Å²) in [6.07, 6.45) is 1.26. The minimum absolute atomic E-state index is 0.0242. The molecule has 0 amide bonds. The summed E-state index contributed by atoms with van der Waals surface area (Å²) in [6.45, 7) is 12.0. The van der Waals surface area contributed by atoms with E-state index in [1.165, 1.54) is 36.9 Å². The van der Waals surface area contributed by atoms with Crippen LogP contribution in [-0.2, 0) is 16.7 Å². The number of aryl methyl sites for hydroxylation is 1. The molecule has 0 aliphatic rings. The van der Waals surface area contributed by atoms with Gasteiger partial charge in [0.2, 0.25) is 5.88 Å². The Balaban J connectivity index is 2.72. The number of carbonyl (C=O) groups is 1. The molecule has 0 aliphatic heterocycles. The molecular weight excluding hydrogens is 422 g/mol. The molecule has 9 nitrogen and oxygen atoms in total. The van der Waals surface area contributed by atoms with Gasteiger partial charge in [-0.05, 0) is 65.7 Å².